The van der Waals surface area contributed by atoms with Gasteiger partial charge in [-0.3, -0.25) is 4.79 Å². The highest BCUT2D eigenvalue weighted by molar-refractivity contribution is 5.95. The molecule has 0 aromatic heterocycles. The zero-order chi connectivity index (χ0) is 22.3. The SMILES string of the molecule is N#Cc1ccccc1COc1ccc(/C=N/NC(=O)c2cccc(C(F)(F)F)c2)cc1. The standard InChI is InChI=1S/C23H16F3N3O2/c24-23(25,26)20-7-3-6-17(12-20)22(30)29-28-14-16-8-10-21(11-9-16)31-15-19-5-2-1-4-18(19)13-27/h1-12,14H,15H2,(H,29,30)/b28-14+. The Morgan fingerprint density at radius 3 is 2.52 bits per heavy atom. The molecule has 0 unspecified atom stereocenters. The predicted octanol–water partition coefficient (Wildman–Crippen LogP) is 4.92. The smallest absolute Gasteiger partial charge is 0.416 e. The number of nitrogens with one attached hydrogen (secondary N) is 1. The van der Waals surface area contributed by atoms with E-state index in [2.05, 4.69) is 16.6 Å². The van der Waals surface area contributed by atoms with E-state index in [0.29, 0.717) is 16.9 Å². The van der Waals surface area contributed by atoms with Gasteiger partial charge in [0, 0.05) is 11.1 Å². The molecule has 3 aromatic carbocycles. The highest BCUT2D eigenvalue weighted by Gasteiger charge is 2.30. The van der Waals surface area contributed by atoms with Crippen LogP contribution in [-0.4, -0.2) is 12.1 Å². The van der Waals surface area contributed by atoms with E-state index in [9.17, 15) is 18.0 Å². The van der Waals surface area contributed by atoms with Gasteiger partial charge in [0.25, 0.3) is 5.91 Å². The van der Waals surface area contributed by atoms with Crippen molar-refractivity contribution in [1.29, 1.82) is 5.26 Å². The van der Waals surface area contributed by atoms with Crippen molar-refractivity contribution in [2.24, 2.45) is 5.10 Å². The topological polar surface area (TPSA) is 74.5 Å². The minimum Gasteiger partial charge on any atom is -0.489 e. The van der Waals surface area contributed by atoms with Crippen molar-refractivity contribution in [2.75, 3.05) is 0 Å². The number of carbonyl (C=O) groups is 1. The number of benzene rings is 3. The van der Waals surface area contributed by atoms with Gasteiger partial charge in [-0.2, -0.15) is 23.5 Å². The molecule has 0 saturated carbocycles. The predicted molar refractivity (Wildman–Crippen MR) is 108 cm³/mol. The van der Waals surface area contributed by atoms with E-state index in [0.717, 1.165) is 23.8 Å². The Balaban J connectivity index is 1.56. The molecule has 0 aliphatic carbocycles. The molecule has 0 aliphatic rings. The molecule has 8 heteroatoms. The Kier molecular flexibility index (Phi) is 6.67. The lowest BCUT2D eigenvalue weighted by Gasteiger charge is -2.08. The second-order valence-electron chi connectivity index (χ2n) is 6.40. The first kappa shape index (κ1) is 21.6. The number of hydrogen-bond donors (Lipinski definition) is 1. The summed E-state index contributed by atoms with van der Waals surface area (Å²) in [5.41, 5.74) is 3.11. The molecule has 0 heterocycles. The molecule has 3 aromatic rings. The molecule has 5 nitrogen and oxygen atoms in total. The number of ether oxygens (including phenoxy) is 1. The Labute approximate surface area is 176 Å². The van der Waals surface area contributed by atoms with E-state index in [1.165, 1.54) is 12.3 Å². The van der Waals surface area contributed by atoms with Crippen molar-refractivity contribution in [3.63, 3.8) is 0 Å². The molecule has 0 spiro atoms. The fourth-order valence-electron chi connectivity index (χ4n) is 2.63. The summed E-state index contributed by atoms with van der Waals surface area (Å²) < 4.78 is 43.9. The zero-order valence-electron chi connectivity index (χ0n) is 16.1. The largest absolute Gasteiger partial charge is 0.489 e. The van der Waals surface area contributed by atoms with E-state index < -0.39 is 17.6 Å². The summed E-state index contributed by atoms with van der Waals surface area (Å²) in [5, 5.41) is 12.9. The van der Waals surface area contributed by atoms with Crippen LogP contribution in [0.25, 0.3) is 0 Å². The van der Waals surface area contributed by atoms with E-state index in [-0.39, 0.29) is 12.2 Å². The van der Waals surface area contributed by atoms with Crippen LogP contribution in [0.5, 0.6) is 5.75 Å². The van der Waals surface area contributed by atoms with Crippen LogP contribution >= 0.6 is 0 Å². The third-order valence-electron chi connectivity index (χ3n) is 4.24. The number of amides is 1. The van der Waals surface area contributed by atoms with Gasteiger partial charge in [-0.05, 0) is 54.1 Å². The maximum atomic E-state index is 12.7. The third-order valence-corrected chi connectivity index (χ3v) is 4.24. The van der Waals surface area contributed by atoms with Crippen molar-refractivity contribution >= 4 is 12.1 Å². The fraction of sp³-hybridized carbons (Fsp3) is 0.0870. The van der Waals surface area contributed by atoms with E-state index >= 15 is 0 Å². The summed E-state index contributed by atoms with van der Waals surface area (Å²) in [7, 11) is 0. The van der Waals surface area contributed by atoms with Crippen LogP contribution < -0.4 is 10.2 Å². The van der Waals surface area contributed by atoms with Crippen molar-refractivity contribution in [2.45, 2.75) is 12.8 Å². The minimum absolute atomic E-state index is 0.145. The molecule has 0 atom stereocenters. The van der Waals surface area contributed by atoms with Gasteiger partial charge in [-0.15, -0.1) is 0 Å². The second kappa shape index (κ2) is 9.59. The second-order valence-corrected chi connectivity index (χ2v) is 6.40. The number of rotatable bonds is 6. The maximum Gasteiger partial charge on any atom is 0.416 e. The van der Waals surface area contributed by atoms with Crippen LogP contribution in [-0.2, 0) is 12.8 Å². The lowest BCUT2D eigenvalue weighted by molar-refractivity contribution is -0.137. The summed E-state index contributed by atoms with van der Waals surface area (Å²) in [6, 6.07) is 20.1. The van der Waals surface area contributed by atoms with Gasteiger partial charge in [0.05, 0.1) is 23.4 Å². The van der Waals surface area contributed by atoms with Gasteiger partial charge in [0.2, 0.25) is 0 Å². The quantitative estimate of drug-likeness (QED) is 0.452. The molecule has 3 rings (SSSR count). The first-order valence-corrected chi connectivity index (χ1v) is 9.08. The van der Waals surface area contributed by atoms with Crippen molar-refractivity contribution < 1.29 is 22.7 Å². The van der Waals surface area contributed by atoms with E-state index in [4.69, 9.17) is 10.00 Å². The molecule has 0 aliphatic heterocycles. The Morgan fingerprint density at radius 1 is 1.06 bits per heavy atom. The molecule has 1 N–H and O–H groups in total. The van der Waals surface area contributed by atoms with Crippen LogP contribution in [0, 0.1) is 11.3 Å². The van der Waals surface area contributed by atoms with Crippen molar-refractivity contribution in [3.05, 3.63) is 101 Å². The van der Waals surface area contributed by atoms with Crippen LogP contribution in [0.2, 0.25) is 0 Å². The monoisotopic (exact) mass is 423 g/mol. The zero-order valence-corrected chi connectivity index (χ0v) is 16.1. The number of carbonyl (C=O) groups excluding carboxylic acids is 1. The third kappa shape index (κ3) is 5.93. The Bertz CT molecular complexity index is 1130. The lowest BCUT2D eigenvalue weighted by Crippen LogP contribution is -2.18. The number of hydrazone groups is 1. The minimum atomic E-state index is -4.53. The van der Waals surface area contributed by atoms with Crippen LogP contribution in [0.3, 0.4) is 0 Å². The van der Waals surface area contributed by atoms with E-state index in [1.54, 1.807) is 36.4 Å². The van der Waals surface area contributed by atoms with Crippen LogP contribution in [0.1, 0.15) is 32.6 Å². The van der Waals surface area contributed by atoms with Crippen LogP contribution in [0.15, 0.2) is 77.9 Å². The molecule has 1 amide bonds. The summed E-state index contributed by atoms with van der Waals surface area (Å²) >= 11 is 0. The van der Waals surface area contributed by atoms with Gasteiger partial charge in [-0.1, -0.05) is 24.3 Å². The first-order chi connectivity index (χ1) is 14.9. The number of nitriles is 1. The highest BCUT2D eigenvalue weighted by atomic mass is 19.4. The lowest BCUT2D eigenvalue weighted by atomic mass is 10.1. The Hall–Kier alpha value is -4.12. The molecular weight excluding hydrogens is 407 g/mol. The number of nitrogens with zero attached hydrogens (tertiary/aromatic N) is 2. The highest BCUT2D eigenvalue weighted by Crippen LogP contribution is 2.29. The summed E-state index contributed by atoms with van der Waals surface area (Å²) in [4.78, 5) is 12.0. The van der Waals surface area contributed by atoms with Crippen molar-refractivity contribution in [1.82, 2.24) is 5.43 Å². The van der Waals surface area contributed by atoms with Crippen LogP contribution in [0.4, 0.5) is 13.2 Å². The van der Waals surface area contributed by atoms with E-state index in [1.807, 2.05) is 12.1 Å². The summed E-state index contributed by atoms with van der Waals surface area (Å²) in [6.45, 7) is 0.240. The molecule has 0 bridgehead atoms. The van der Waals surface area contributed by atoms with Gasteiger partial charge in [-0.25, -0.2) is 5.43 Å². The summed E-state index contributed by atoms with van der Waals surface area (Å²) in [5.74, 6) is -0.170. The average molecular weight is 423 g/mol. The molecule has 0 saturated heterocycles. The number of hydrogen-bond acceptors (Lipinski definition) is 4. The maximum absolute atomic E-state index is 12.7. The van der Waals surface area contributed by atoms with Crippen molar-refractivity contribution in [3.8, 4) is 11.8 Å². The normalized spacial score (nSPS) is 11.2. The number of alkyl halides is 3. The molecule has 31 heavy (non-hydrogen) atoms. The molecule has 0 fully saturated rings. The van der Waals surface area contributed by atoms with Gasteiger partial charge in [0.1, 0.15) is 12.4 Å². The van der Waals surface area contributed by atoms with Gasteiger partial charge in [0.15, 0.2) is 0 Å². The average Bonchev–Trinajstić information content (AvgIpc) is 2.78. The molecular formula is C23H16F3N3O2. The summed E-state index contributed by atoms with van der Waals surface area (Å²) in [6.07, 6.45) is -3.17. The number of halogens is 3. The Morgan fingerprint density at radius 2 is 1.81 bits per heavy atom. The molecule has 156 valence electrons. The fourth-order valence-corrected chi connectivity index (χ4v) is 2.63. The van der Waals surface area contributed by atoms with Gasteiger partial charge < -0.3 is 4.74 Å². The first-order valence-electron chi connectivity index (χ1n) is 9.08. The van der Waals surface area contributed by atoms with Gasteiger partial charge >= 0.3 is 6.18 Å². The molecule has 0 radical (unpaired) electrons.